The Morgan fingerprint density at radius 3 is 1.83 bits per heavy atom. The van der Waals surface area contributed by atoms with Crippen molar-refractivity contribution in [2.45, 2.75) is 103 Å². The van der Waals surface area contributed by atoms with Gasteiger partial charge in [-0.25, -0.2) is 0 Å². The Morgan fingerprint density at radius 1 is 0.867 bits per heavy atom. The molecule has 0 unspecified atom stereocenters. The largest absolute Gasteiger partial charge is 0.542 e. The van der Waals surface area contributed by atoms with Gasteiger partial charge in [-0.15, -0.1) is 0 Å². The summed E-state index contributed by atoms with van der Waals surface area (Å²) >= 11 is 0. The molecule has 0 bridgehead atoms. The van der Waals surface area contributed by atoms with Gasteiger partial charge in [0.15, 0.2) is 0 Å². The van der Waals surface area contributed by atoms with Crippen LogP contribution in [0.1, 0.15) is 96.1 Å². The summed E-state index contributed by atoms with van der Waals surface area (Å²) in [5.41, 5.74) is 4.15. The minimum Gasteiger partial charge on any atom is -0.542 e. The van der Waals surface area contributed by atoms with Gasteiger partial charge in [-0.3, -0.25) is 0 Å². The summed E-state index contributed by atoms with van der Waals surface area (Å²) < 4.78 is 12.9. The Morgan fingerprint density at radius 2 is 1.40 bits per heavy atom. The first-order valence-electron chi connectivity index (χ1n) is 12.2. The Hall–Kier alpha value is -1.22. The van der Waals surface area contributed by atoms with Gasteiger partial charge in [0.25, 0.3) is 9.04 Å². The molecule has 1 radical (unpaired) electrons. The van der Waals surface area contributed by atoms with Crippen LogP contribution in [0.2, 0.25) is 13.1 Å². The molecule has 2 aliphatic carbocycles. The molecular weight excluding hydrogens is 384 g/mol. The zero-order valence-corrected chi connectivity index (χ0v) is 21.3. The average Bonchev–Trinajstić information content (AvgIpc) is 2.72. The summed E-state index contributed by atoms with van der Waals surface area (Å²) in [5, 5.41) is 0. The summed E-state index contributed by atoms with van der Waals surface area (Å²) in [6, 6.07) is 6.70. The standard InChI is InChI=1S/C27H43O2Si/c1-27(2,3)23-19-13-18-22(25(23)29-30(5)6)26(28-4)24(20-14-9-7-10-15-20)21-16-11-8-12-17-21/h13,18-21H,7-12,14-17H2,1-6H3. The van der Waals surface area contributed by atoms with Gasteiger partial charge in [0, 0.05) is 0 Å². The maximum absolute atomic E-state index is 6.60. The van der Waals surface area contributed by atoms with E-state index in [-0.39, 0.29) is 5.41 Å². The molecular formula is C27H43O2Si. The highest BCUT2D eigenvalue weighted by Crippen LogP contribution is 2.46. The van der Waals surface area contributed by atoms with Crippen molar-refractivity contribution in [3.05, 3.63) is 34.9 Å². The van der Waals surface area contributed by atoms with Crippen LogP contribution in [-0.2, 0) is 10.2 Å². The number of hydrogen-bond donors (Lipinski definition) is 0. The zero-order valence-electron chi connectivity index (χ0n) is 20.3. The van der Waals surface area contributed by atoms with E-state index in [1.54, 1.807) is 5.57 Å². The summed E-state index contributed by atoms with van der Waals surface area (Å²) in [4.78, 5) is 0. The van der Waals surface area contributed by atoms with Crippen LogP contribution in [-0.4, -0.2) is 16.2 Å². The molecule has 2 aliphatic rings. The second kappa shape index (κ2) is 10.4. The van der Waals surface area contributed by atoms with E-state index in [2.05, 4.69) is 52.1 Å². The van der Waals surface area contributed by atoms with Crippen molar-refractivity contribution < 1.29 is 9.16 Å². The maximum Gasteiger partial charge on any atom is 0.274 e. The molecule has 3 rings (SSSR count). The molecule has 167 valence electrons. The van der Waals surface area contributed by atoms with Crippen LogP contribution in [0.4, 0.5) is 0 Å². The van der Waals surface area contributed by atoms with Gasteiger partial charge in [-0.2, -0.15) is 0 Å². The third-order valence-electron chi connectivity index (χ3n) is 6.93. The lowest BCUT2D eigenvalue weighted by Gasteiger charge is -2.35. The van der Waals surface area contributed by atoms with Gasteiger partial charge in [0.05, 0.1) is 12.7 Å². The smallest absolute Gasteiger partial charge is 0.274 e. The first kappa shape index (κ1) is 23.4. The lowest BCUT2D eigenvalue weighted by molar-refractivity contribution is 0.300. The highest BCUT2D eigenvalue weighted by molar-refractivity contribution is 6.49. The molecule has 1 aromatic carbocycles. The fraction of sp³-hybridized carbons (Fsp3) is 0.704. The molecule has 0 atom stereocenters. The van der Waals surface area contributed by atoms with E-state index in [4.69, 9.17) is 9.16 Å². The fourth-order valence-corrected chi connectivity index (χ4v) is 6.16. The van der Waals surface area contributed by atoms with E-state index in [0.717, 1.165) is 11.5 Å². The third-order valence-corrected chi connectivity index (χ3v) is 7.54. The van der Waals surface area contributed by atoms with Crippen LogP contribution in [0.5, 0.6) is 5.75 Å². The maximum atomic E-state index is 6.60. The van der Waals surface area contributed by atoms with Crippen LogP contribution in [0, 0.1) is 11.8 Å². The number of methoxy groups -OCH3 is 1. The quantitative estimate of drug-likeness (QED) is 0.337. The number of benzene rings is 1. The normalized spacial score (nSPS) is 19.0. The minimum atomic E-state index is -0.884. The van der Waals surface area contributed by atoms with Gasteiger partial charge in [-0.1, -0.05) is 71.4 Å². The number of para-hydroxylation sites is 1. The highest BCUT2D eigenvalue weighted by atomic mass is 28.3. The highest BCUT2D eigenvalue weighted by Gasteiger charge is 2.32. The predicted octanol–water partition coefficient (Wildman–Crippen LogP) is 8.13. The summed E-state index contributed by atoms with van der Waals surface area (Å²) in [6.07, 6.45) is 13.5. The van der Waals surface area contributed by atoms with Gasteiger partial charge in [-0.05, 0) is 73.2 Å². The first-order chi connectivity index (χ1) is 14.3. The number of ether oxygens (including phenoxy) is 1. The second-order valence-electron chi connectivity index (χ2n) is 10.6. The number of hydrogen-bond acceptors (Lipinski definition) is 2. The average molecular weight is 428 g/mol. The Kier molecular flexibility index (Phi) is 8.12. The second-order valence-corrected chi connectivity index (χ2v) is 12.6. The van der Waals surface area contributed by atoms with Crippen molar-refractivity contribution in [3.63, 3.8) is 0 Å². The molecule has 2 fully saturated rings. The van der Waals surface area contributed by atoms with E-state index in [1.165, 1.54) is 75.3 Å². The van der Waals surface area contributed by atoms with Gasteiger partial charge >= 0.3 is 0 Å². The van der Waals surface area contributed by atoms with Crippen LogP contribution in [0.25, 0.3) is 5.76 Å². The van der Waals surface area contributed by atoms with Crippen molar-refractivity contribution in [2.24, 2.45) is 11.8 Å². The van der Waals surface area contributed by atoms with Crippen LogP contribution < -0.4 is 4.43 Å². The third kappa shape index (κ3) is 5.52. The fourth-order valence-electron chi connectivity index (χ4n) is 5.54. The molecule has 2 nitrogen and oxygen atoms in total. The van der Waals surface area contributed by atoms with Gasteiger partial charge in [0.1, 0.15) is 11.5 Å². The van der Waals surface area contributed by atoms with Crippen LogP contribution >= 0.6 is 0 Å². The molecule has 0 heterocycles. The molecule has 0 amide bonds. The zero-order chi connectivity index (χ0) is 21.7. The van der Waals surface area contributed by atoms with E-state index in [1.807, 2.05) is 7.11 Å². The van der Waals surface area contributed by atoms with Crippen LogP contribution in [0.15, 0.2) is 23.8 Å². The van der Waals surface area contributed by atoms with Crippen molar-refractivity contribution >= 4 is 14.8 Å². The predicted molar refractivity (Wildman–Crippen MR) is 130 cm³/mol. The minimum absolute atomic E-state index is 0.0390. The molecule has 2 saturated carbocycles. The Balaban J connectivity index is 2.19. The molecule has 0 aromatic heterocycles. The molecule has 0 aliphatic heterocycles. The first-order valence-corrected chi connectivity index (χ1v) is 14.6. The summed E-state index contributed by atoms with van der Waals surface area (Å²) in [6.45, 7) is 11.3. The van der Waals surface area contributed by atoms with Gasteiger partial charge in [0.2, 0.25) is 0 Å². The summed E-state index contributed by atoms with van der Waals surface area (Å²) in [5.74, 6) is 3.56. The van der Waals surface area contributed by atoms with Crippen molar-refractivity contribution in [1.82, 2.24) is 0 Å². The molecule has 0 spiro atoms. The SMILES string of the molecule is COC(=C(C1CCCCC1)C1CCCCC1)c1cccc(C(C)(C)C)c1O[Si](C)C. The molecule has 30 heavy (non-hydrogen) atoms. The topological polar surface area (TPSA) is 18.5 Å². The lowest BCUT2D eigenvalue weighted by Crippen LogP contribution is -2.22. The molecule has 3 heteroatoms. The van der Waals surface area contributed by atoms with E-state index < -0.39 is 9.04 Å². The summed E-state index contributed by atoms with van der Waals surface area (Å²) in [7, 11) is 1.00. The van der Waals surface area contributed by atoms with Crippen molar-refractivity contribution in [2.75, 3.05) is 7.11 Å². The van der Waals surface area contributed by atoms with Crippen molar-refractivity contribution in [1.29, 1.82) is 0 Å². The Labute approximate surface area is 187 Å². The molecule has 1 aromatic rings. The van der Waals surface area contributed by atoms with Crippen LogP contribution in [0.3, 0.4) is 0 Å². The Bertz CT molecular complexity index is 697. The number of allylic oxidation sites excluding steroid dienone is 1. The van der Waals surface area contributed by atoms with E-state index >= 15 is 0 Å². The molecule has 0 saturated heterocycles. The van der Waals surface area contributed by atoms with E-state index in [0.29, 0.717) is 11.8 Å². The van der Waals surface area contributed by atoms with Crippen molar-refractivity contribution in [3.8, 4) is 5.75 Å². The van der Waals surface area contributed by atoms with Gasteiger partial charge < -0.3 is 9.16 Å². The van der Waals surface area contributed by atoms with E-state index in [9.17, 15) is 0 Å². The monoisotopic (exact) mass is 427 g/mol. The molecule has 0 N–H and O–H groups in total. The number of rotatable bonds is 6. The lowest BCUT2D eigenvalue weighted by atomic mass is 9.72.